The number of nitrogens with one attached hydrogen (secondary N) is 1. The molecule has 1 amide bonds. The lowest BCUT2D eigenvalue weighted by molar-refractivity contribution is -0.117. The zero-order chi connectivity index (χ0) is 13.0. The summed E-state index contributed by atoms with van der Waals surface area (Å²) in [6.45, 7) is 0.0251. The van der Waals surface area contributed by atoms with Crippen molar-refractivity contribution in [1.82, 2.24) is 0 Å². The second-order valence-electron chi connectivity index (χ2n) is 4.23. The van der Waals surface area contributed by atoms with E-state index in [1.807, 2.05) is 0 Å². The Morgan fingerprint density at radius 2 is 2.28 bits per heavy atom. The summed E-state index contributed by atoms with van der Waals surface area (Å²) in [6.07, 6.45) is 2.33. The quantitative estimate of drug-likeness (QED) is 0.823. The van der Waals surface area contributed by atoms with E-state index >= 15 is 0 Å². The molecular weight excluding hydrogens is 250 g/mol. The molecule has 2 rings (SSSR count). The SMILES string of the molecule is O=C(Nc1ccc(Cl)cc1C#CCCO)C1CC1. The van der Waals surface area contributed by atoms with Crippen LogP contribution in [-0.2, 0) is 4.79 Å². The monoisotopic (exact) mass is 263 g/mol. The van der Waals surface area contributed by atoms with Gasteiger partial charge >= 0.3 is 0 Å². The molecule has 0 unspecified atom stereocenters. The summed E-state index contributed by atoms with van der Waals surface area (Å²) in [5.41, 5.74) is 1.37. The van der Waals surface area contributed by atoms with Crippen LogP contribution in [0.1, 0.15) is 24.8 Å². The van der Waals surface area contributed by atoms with Crippen LogP contribution in [0.15, 0.2) is 18.2 Å². The van der Waals surface area contributed by atoms with Crippen LogP contribution >= 0.6 is 11.6 Å². The first kappa shape index (κ1) is 12.9. The number of amides is 1. The van der Waals surface area contributed by atoms with Gasteiger partial charge in [0.2, 0.25) is 5.91 Å². The highest BCUT2D eigenvalue weighted by molar-refractivity contribution is 6.30. The van der Waals surface area contributed by atoms with Gasteiger partial charge in [0, 0.05) is 22.9 Å². The molecule has 2 N–H and O–H groups in total. The lowest BCUT2D eigenvalue weighted by atomic mass is 10.1. The van der Waals surface area contributed by atoms with E-state index in [2.05, 4.69) is 17.2 Å². The number of hydrogen-bond donors (Lipinski definition) is 2. The second-order valence-corrected chi connectivity index (χ2v) is 4.67. The van der Waals surface area contributed by atoms with Crippen molar-refractivity contribution in [3.8, 4) is 11.8 Å². The molecule has 94 valence electrons. The third-order valence-electron chi connectivity index (χ3n) is 2.65. The highest BCUT2D eigenvalue weighted by Crippen LogP contribution is 2.31. The van der Waals surface area contributed by atoms with Crippen LogP contribution in [0.2, 0.25) is 5.02 Å². The Balaban J connectivity index is 2.17. The zero-order valence-corrected chi connectivity index (χ0v) is 10.6. The van der Waals surface area contributed by atoms with Gasteiger partial charge in [-0.25, -0.2) is 0 Å². The van der Waals surface area contributed by atoms with Gasteiger partial charge in [-0.05, 0) is 31.0 Å². The van der Waals surface area contributed by atoms with Crippen LogP contribution in [0.5, 0.6) is 0 Å². The Kier molecular flexibility index (Phi) is 4.24. The first-order valence-corrected chi connectivity index (χ1v) is 6.28. The highest BCUT2D eigenvalue weighted by Gasteiger charge is 2.29. The standard InChI is InChI=1S/C14H14ClNO2/c15-12-6-7-13(16-14(18)10-4-5-10)11(9-12)3-1-2-8-17/h6-7,9-10,17H,2,4-5,8H2,(H,16,18). The number of benzene rings is 1. The average Bonchev–Trinajstić information content (AvgIpc) is 3.16. The fourth-order valence-electron chi connectivity index (χ4n) is 1.52. The van der Waals surface area contributed by atoms with Crippen molar-refractivity contribution in [2.24, 2.45) is 5.92 Å². The molecule has 1 aromatic carbocycles. The normalized spacial score (nSPS) is 13.7. The second kappa shape index (κ2) is 5.90. The highest BCUT2D eigenvalue weighted by atomic mass is 35.5. The van der Waals surface area contributed by atoms with E-state index in [0.717, 1.165) is 12.8 Å². The van der Waals surface area contributed by atoms with Crippen LogP contribution < -0.4 is 5.32 Å². The molecule has 0 bridgehead atoms. The molecule has 0 heterocycles. The third-order valence-corrected chi connectivity index (χ3v) is 2.88. The molecule has 0 aliphatic heterocycles. The van der Waals surface area contributed by atoms with E-state index in [1.165, 1.54) is 0 Å². The summed E-state index contributed by atoms with van der Waals surface area (Å²) < 4.78 is 0. The van der Waals surface area contributed by atoms with Gasteiger partial charge in [0.15, 0.2) is 0 Å². The molecule has 0 atom stereocenters. The van der Waals surface area contributed by atoms with Crippen LogP contribution in [-0.4, -0.2) is 17.6 Å². The Morgan fingerprint density at radius 3 is 2.94 bits per heavy atom. The fraction of sp³-hybridized carbons (Fsp3) is 0.357. The van der Waals surface area contributed by atoms with E-state index < -0.39 is 0 Å². The van der Waals surface area contributed by atoms with Crippen LogP contribution in [0.3, 0.4) is 0 Å². The number of hydrogen-bond acceptors (Lipinski definition) is 2. The van der Waals surface area contributed by atoms with Gasteiger partial charge in [-0.2, -0.15) is 0 Å². The third kappa shape index (κ3) is 3.49. The molecule has 1 aliphatic carbocycles. The van der Waals surface area contributed by atoms with Crippen LogP contribution in [0.4, 0.5) is 5.69 Å². The van der Waals surface area contributed by atoms with Crippen molar-refractivity contribution in [3.05, 3.63) is 28.8 Å². The average molecular weight is 264 g/mol. The lowest BCUT2D eigenvalue weighted by Crippen LogP contribution is -2.14. The molecule has 0 radical (unpaired) electrons. The minimum atomic E-state index is 0.0251. The van der Waals surface area contributed by atoms with E-state index in [1.54, 1.807) is 18.2 Å². The minimum Gasteiger partial charge on any atom is -0.395 e. The Hall–Kier alpha value is -1.50. The molecule has 1 fully saturated rings. The maximum Gasteiger partial charge on any atom is 0.227 e. The Bertz CT molecular complexity index is 512. The van der Waals surface area contributed by atoms with Crippen molar-refractivity contribution in [3.63, 3.8) is 0 Å². The van der Waals surface area contributed by atoms with Crippen molar-refractivity contribution < 1.29 is 9.90 Å². The molecule has 0 saturated heterocycles. The summed E-state index contributed by atoms with van der Waals surface area (Å²) in [5, 5.41) is 12.1. The van der Waals surface area contributed by atoms with Gasteiger partial charge in [-0.1, -0.05) is 23.4 Å². The number of aliphatic hydroxyl groups excluding tert-OH is 1. The number of anilines is 1. The Labute approximate surface area is 111 Å². The molecule has 0 aromatic heterocycles. The van der Waals surface area contributed by atoms with E-state index in [4.69, 9.17) is 16.7 Å². The predicted molar refractivity (Wildman–Crippen MR) is 71.4 cm³/mol. The molecule has 0 spiro atoms. The number of rotatable bonds is 3. The molecule has 1 saturated carbocycles. The zero-order valence-electron chi connectivity index (χ0n) is 9.87. The van der Waals surface area contributed by atoms with Gasteiger partial charge < -0.3 is 10.4 Å². The van der Waals surface area contributed by atoms with Crippen LogP contribution in [0, 0.1) is 17.8 Å². The van der Waals surface area contributed by atoms with E-state index in [9.17, 15) is 4.79 Å². The molecule has 18 heavy (non-hydrogen) atoms. The largest absolute Gasteiger partial charge is 0.395 e. The van der Waals surface area contributed by atoms with E-state index in [0.29, 0.717) is 22.7 Å². The number of aliphatic hydroxyl groups is 1. The van der Waals surface area contributed by atoms with Crippen LogP contribution in [0.25, 0.3) is 0 Å². The number of halogens is 1. The first-order chi connectivity index (χ1) is 8.70. The summed E-state index contributed by atoms with van der Waals surface area (Å²) in [4.78, 5) is 11.7. The summed E-state index contributed by atoms with van der Waals surface area (Å²) >= 11 is 5.91. The van der Waals surface area contributed by atoms with Crippen molar-refractivity contribution in [1.29, 1.82) is 0 Å². The van der Waals surface area contributed by atoms with Gasteiger partial charge in [-0.15, -0.1) is 0 Å². The summed E-state index contributed by atoms with van der Waals surface area (Å²) in [5.74, 6) is 5.93. The van der Waals surface area contributed by atoms with Gasteiger partial charge in [0.1, 0.15) is 0 Å². The van der Waals surface area contributed by atoms with Gasteiger partial charge in [0.25, 0.3) is 0 Å². The maximum absolute atomic E-state index is 11.7. The maximum atomic E-state index is 11.7. The summed E-state index contributed by atoms with van der Waals surface area (Å²) in [6, 6.07) is 5.20. The first-order valence-electron chi connectivity index (χ1n) is 5.91. The minimum absolute atomic E-state index is 0.0251. The van der Waals surface area contributed by atoms with Gasteiger partial charge in [-0.3, -0.25) is 4.79 Å². The van der Waals surface area contributed by atoms with Gasteiger partial charge in [0.05, 0.1) is 12.3 Å². The number of carbonyl (C=O) groups excluding carboxylic acids is 1. The van der Waals surface area contributed by atoms with Crippen molar-refractivity contribution in [2.45, 2.75) is 19.3 Å². The topological polar surface area (TPSA) is 49.3 Å². The fourth-order valence-corrected chi connectivity index (χ4v) is 1.69. The van der Waals surface area contributed by atoms with E-state index in [-0.39, 0.29) is 18.4 Å². The van der Waals surface area contributed by atoms with Crippen molar-refractivity contribution in [2.75, 3.05) is 11.9 Å². The molecule has 3 nitrogen and oxygen atoms in total. The molecular formula is C14H14ClNO2. The lowest BCUT2D eigenvalue weighted by Gasteiger charge is -2.07. The van der Waals surface area contributed by atoms with Crippen molar-refractivity contribution >= 4 is 23.2 Å². The summed E-state index contributed by atoms with van der Waals surface area (Å²) in [7, 11) is 0. The predicted octanol–water partition coefficient (Wildman–Crippen LogP) is 2.42. The number of carbonyl (C=O) groups is 1. The molecule has 1 aliphatic rings. The molecule has 1 aromatic rings. The molecule has 4 heteroatoms. The Morgan fingerprint density at radius 1 is 1.50 bits per heavy atom. The smallest absolute Gasteiger partial charge is 0.227 e.